The topological polar surface area (TPSA) is 29.9 Å². The molecule has 0 atom stereocenters. The summed E-state index contributed by atoms with van der Waals surface area (Å²) in [7, 11) is -1.26. The molecule has 0 aliphatic rings. The minimum Gasteiger partial charge on any atom is -0.275 e. The van der Waals surface area contributed by atoms with Crippen LogP contribution in [0.3, 0.4) is 0 Å². The van der Waals surface area contributed by atoms with Crippen LogP contribution in [-0.4, -0.2) is 34.3 Å². The summed E-state index contributed by atoms with van der Waals surface area (Å²) in [4.78, 5) is 0. The fourth-order valence-corrected chi connectivity index (χ4v) is 3.49. The number of aryl methyl sites for hydroxylation is 1. The van der Waals surface area contributed by atoms with Crippen LogP contribution in [0.25, 0.3) is 16.9 Å². The van der Waals surface area contributed by atoms with Gasteiger partial charge in [-0.3, -0.25) is 4.72 Å². The maximum atomic E-state index is 13.3. The van der Waals surface area contributed by atoms with E-state index < -0.39 is 21.3 Å². The molecule has 2 aromatic carbocycles. The van der Waals surface area contributed by atoms with Gasteiger partial charge in [-0.15, -0.1) is 0 Å². The zero-order chi connectivity index (χ0) is 21.2. The van der Waals surface area contributed by atoms with Crippen LogP contribution in [0.15, 0.2) is 54.6 Å². The van der Waals surface area contributed by atoms with E-state index in [0.29, 0.717) is 16.9 Å². The predicted octanol–water partition coefficient (Wildman–Crippen LogP) is 5.21. The molecule has 0 aliphatic carbocycles. The Labute approximate surface area is 169 Å². The molecule has 7 heteroatoms. The first-order valence-corrected chi connectivity index (χ1v) is 11.4. The van der Waals surface area contributed by atoms with Crippen molar-refractivity contribution in [1.29, 1.82) is 0 Å². The standard InChI is InChI=1S/C22H24F3N3S/c1-16-5-11-19(12-6-16)28-20(15-21(27-28)22(23,24)25)18-9-7-17(8-10-18)13-14-26-29(2,3)4/h5-12,15,26H,2-3,13-14H2,1,4H3. The zero-order valence-electron chi connectivity index (χ0n) is 16.5. The summed E-state index contributed by atoms with van der Waals surface area (Å²) >= 11 is 0. The van der Waals surface area contributed by atoms with Gasteiger partial charge >= 0.3 is 6.18 Å². The smallest absolute Gasteiger partial charge is 0.275 e. The van der Waals surface area contributed by atoms with E-state index in [-0.39, 0.29) is 0 Å². The lowest BCUT2D eigenvalue weighted by atomic mass is 10.1. The Morgan fingerprint density at radius 2 is 1.66 bits per heavy atom. The average molecular weight is 420 g/mol. The minimum atomic E-state index is -4.51. The average Bonchev–Trinajstić information content (AvgIpc) is 3.08. The van der Waals surface area contributed by atoms with Crippen LogP contribution in [0.5, 0.6) is 0 Å². The van der Waals surface area contributed by atoms with E-state index in [1.54, 1.807) is 12.1 Å². The number of aromatic nitrogens is 2. The Balaban J connectivity index is 1.92. The molecule has 0 amide bonds. The Kier molecular flexibility index (Phi) is 5.91. The Morgan fingerprint density at radius 1 is 1.03 bits per heavy atom. The predicted molar refractivity (Wildman–Crippen MR) is 118 cm³/mol. The maximum Gasteiger partial charge on any atom is 0.435 e. The lowest BCUT2D eigenvalue weighted by Crippen LogP contribution is -2.12. The van der Waals surface area contributed by atoms with E-state index in [9.17, 15) is 13.2 Å². The van der Waals surface area contributed by atoms with Gasteiger partial charge in [-0.2, -0.15) is 27.7 Å². The second kappa shape index (κ2) is 8.08. The monoisotopic (exact) mass is 419 g/mol. The first kappa shape index (κ1) is 21.2. The molecule has 1 heterocycles. The molecule has 29 heavy (non-hydrogen) atoms. The van der Waals surface area contributed by atoms with Crippen molar-refractivity contribution < 1.29 is 13.2 Å². The first-order valence-electron chi connectivity index (χ1n) is 9.05. The number of rotatable bonds is 6. The van der Waals surface area contributed by atoms with Gasteiger partial charge in [0.1, 0.15) is 0 Å². The van der Waals surface area contributed by atoms with Gasteiger partial charge in [0.15, 0.2) is 5.69 Å². The molecule has 0 unspecified atom stereocenters. The summed E-state index contributed by atoms with van der Waals surface area (Å²) in [6, 6.07) is 15.8. The lowest BCUT2D eigenvalue weighted by Gasteiger charge is -2.11. The summed E-state index contributed by atoms with van der Waals surface area (Å²) in [6.07, 6.45) is -1.74. The van der Waals surface area contributed by atoms with E-state index in [4.69, 9.17) is 0 Å². The molecule has 0 fully saturated rings. The van der Waals surface area contributed by atoms with Crippen molar-refractivity contribution in [2.75, 3.05) is 12.8 Å². The van der Waals surface area contributed by atoms with Gasteiger partial charge in [0.25, 0.3) is 0 Å². The number of nitrogens with zero attached hydrogens (tertiary/aromatic N) is 2. The van der Waals surface area contributed by atoms with Gasteiger partial charge in [-0.25, -0.2) is 4.68 Å². The number of alkyl halides is 3. The number of halogens is 3. The molecule has 0 spiro atoms. The van der Waals surface area contributed by atoms with E-state index in [1.807, 2.05) is 49.6 Å². The maximum absolute atomic E-state index is 13.3. The summed E-state index contributed by atoms with van der Waals surface area (Å²) in [5, 5.41) is 3.83. The second-order valence-corrected chi connectivity index (χ2v) is 10.1. The van der Waals surface area contributed by atoms with E-state index >= 15 is 0 Å². The van der Waals surface area contributed by atoms with Gasteiger partial charge in [0, 0.05) is 12.1 Å². The van der Waals surface area contributed by atoms with Crippen LogP contribution in [0.2, 0.25) is 0 Å². The first-order chi connectivity index (χ1) is 13.5. The van der Waals surface area contributed by atoms with Gasteiger partial charge in [-0.05, 0) is 43.4 Å². The summed E-state index contributed by atoms with van der Waals surface area (Å²) in [6.45, 7) is 2.67. The van der Waals surface area contributed by atoms with Crippen LogP contribution in [0.1, 0.15) is 16.8 Å². The highest BCUT2D eigenvalue weighted by Gasteiger charge is 2.35. The highest BCUT2D eigenvalue weighted by atomic mass is 32.2. The number of benzene rings is 2. The molecule has 3 nitrogen and oxygen atoms in total. The molecule has 0 saturated carbocycles. The molecular formula is C22H24F3N3S. The van der Waals surface area contributed by atoms with Crippen molar-refractivity contribution in [3.05, 3.63) is 71.4 Å². The van der Waals surface area contributed by atoms with Crippen molar-refractivity contribution in [1.82, 2.24) is 14.5 Å². The molecule has 0 radical (unpaired) electrons. The van der Waals surface area contributed by atoms with Crippen molar-refractivity contribution in [3.63, 3.8) is 0 Å². The van der Waals surface area contributed by atoms with Gasteiger partial charge in [0.2, 0.25) is 0 Å². The van der Waals surface area contributed by atoms with Gasteiger partial charge < -0.3 is 0 Å². The normalized spacial score (nSPS) is 12.3. The van der Waals surface area contributed by atoms with Crippen LogP contribution in [-0.2, 0) is 12.6 Å². The van der Waals surface area contributed by atoms with Crippen molar-refractivity contribution in [2.45, 2.75) is 19.5 Å². The summed E-state index contributed by atoms with van der Waals surface area (Å²) in [5.74, 6) is 7.96. The fraction of sp³-hybridized carbons (Fsp3) is 0.227. The Morgan fingerprint density at radius 3 is 2.21 bits per heavy atom. The molecule has 0 bridgehead atoms. The van der Waals surface area contributed by atoms with Gasteiger partial charge in [-0.1, -0.05) is 53.7 Å². The lowest BCUT2D eigenvalue weighted by molar-refractivity contribution is -0.141. The summed E-state index contributed by atoms with van der Waals surface area (Å²) in [5.41, 5.74) is 2.87. The van der Waals surface area contributed by atoms with E-state index in [1.165, 1.54) is 4.68 Å². The highest BCUT2D eigenvalue weighted by Crippen LogP contribution is 2.33. The third kappa shape index (κ3) is 5.52. The molecular weight excluding hydrogens is 395 g/mol. The fourth-order valence-electron chi connectivity index (χ4n) is 2.89. The molecule has 0 aliphatic heterocycles. The number of hydrogen-bond donors (Lipinski definition) is 1. The number of nitrogens with one attached hydrogen (secondary N) is 1. The molecule has 3 rings (SSSR count). The van der Waals surface area contributed by atoms with Gasteiger partial charge in [0.05, 0.1) is 11.4 Å². The Bertz CT molecular complexity index is 1080. The van der Waals surface area contributed by atoms with Crippen molar-refractivity contribution >= 4 is 21.1 Å². The largest absolute Gasteiger partial charge is 0.435 e. The zero-order valence-corrected chi connectivity index (χ0v) is 17.3. The summed E-state index contributed by atoms with van der Waals surface area (Å²) < 4.78 is 44.5. The molecule has 154 valence electrons. The van der Waals surface area contributed by atoms with Crippen molar-refractivity contribution in [2.24, 2.45) is 0 Å². The highest BCUT2D eigenvalue weighted by molar-refractivity contribution is 8.25. The minimum absolute atomic E-state index is 0.401. The SMILES string of the molecule is C=S(=C)(C)NCCc1ccc(-c2cc(C(F)(F)F)nn2-c2ccc(C)cc2)cc1. The quantitative estimate of drug-likeness (QED) is 0.556. The van der Waals surface area contributed by atoms with Crippen LogP contribution >= 0.6 is 9.39 Å². The molecule has 0 saturated heterocycles. The van der Waals surface area contributed by atoms with Crippen LogP contribution in [0.4, 0.5) is 13.2 Å². The van der Waals surface area contributed by atoms with E-state index in [2.05, 4.69) is 21.6 Å². The molecule has 1 N–H and O–H groups in total. The number of hydrogen-bond acceptors (Lipinski definition) is 2. The third-order valence-corrected chi connectivity index (χ3v) is 5.29. The Hall–Kier alpha value is -2.51. The molecule has 1 aromatic heterocycles. The third-order valence-electron chi connectivity index (χ3n) is 4.39. The van der Waals surface area contributed by atoms with Crippen molar-refractivity contribution in [3.8, 4) is 16.9 Å². The van der Waals surface area contributed by atoms with Crippen LogP contribution in [0, 0.1) is 6.92 Å². The van der Waals surface area contributed by atoms with E-state index in [0.717, 1.165) is 30.2 Å². The van der Waals surface area contributed by atoms with Crippen LogP contribution < -0.4 is 4.72 Å². The second-order valence-electron chi connectivity index (χ2n) is 7.28. The molecule has 3 aromatic rings.